The topological polar surface area (TPSA) is 64.8 Å². The van der Waals surface area contributed by atoms with Crippen LogP contribution in [0.5, 0.6) is 0 Å². The maximum absolute atomic E-state index is 11.2. The van der Waals surface area contributed by atoms with E-state index >= 15 is 0 Å². The molecule has 0 fully saturated rings. The minimum Gasteiger partial charge on any atom is -0.296 e. The van der Waals surface area contributed by atoms with Crippen LogP contribution in [0.25, 0.3) is 5.95 Å². The van der Waals surface area contributed by atoms with Crippen molar-refractivity contribution in [2.24, 2.45) is 0 Å². The van der Waals surface area contributed by atoms with Crippen LogP contribution < -0.4 is 0 Å². The second-order valence-electron chi connectivity index (χ2n) is 2.88. The smallest absolute Gasteiger partial charge is 0.296 e. The Hall–Kier alpha value is -1.58. The Morgan fingerprint density at radius 3 is 3.00 bits per heavy atom. The maximum Gasteiger partial charge on any atom is 0.403 e. The number of halogens is 1. The van der Waals surface area contributed by atoms with E-state index in [4.69, 9.17) is 11.6 Å². The van der Waals surface area contributed by atoms with Gasteiger partial charge >= 0.3 is 7.41 Å². The Morgan fingerprint density at radius 1 is 1.50 bits per heavy atom. The summed E-state index contributed by atoms with van der Waals surface area (Å²) in [6.07, 6.45) is 3.57. The Morgan fingerprint density at radius 2 is 2.31 bits per heavy atom. The molecule has 0 saturated heterocycles. The number of carbonyl (C=O) groups is 1. The van der Waals surface area contributed by atoms with Gasteiger partial charge in [0, 0.05) is 6.20 Å². The van der Waals surface area contributed by atoms with Crippen LogP contribution >= 0.6 is 19.0 Å². The van der Waals surface area contributed by atoms with Crippen LogP contribution in [-0.2, 0) is 4.57 Å². The van der Waals surface area contributed by atoms with E-state index in [1.807, 2.05) is 0 Å². The zero-order chi connectivity index (χ0) is 11.5. The number of aromatic nitrogens is 3. The van der Waals surface area contributed by atoms with Gasteiger partial charge < -0.3 is 0 Å². The van der Waals surface area contributed by atoms with Crippen LogP contribution in [0.1, 0.15) is 10.5 Å². The lowest BCUT2D eigenvalue weighted by molar-refractivity contribution is 0.111. The van der Waals surface area contributed by atoms with E-state index in [9.17, 15) is 9.36 Å². The van der Waals surface area contributed by atoms with E-state index in [-0.39, 0.29) is 16.8 Å². The lowest BCUT2D eigenvalue weighted by Crippen LogP contribution is -2.05. The summed E-state index contributed by atoms with van der Waals surface area (Å²) >= 11 is 5.72. The fraction of sp³-hybridized carbons (Fsp3) is 0. The predicted molar refractivity (Wildman–Crippen MR) is 59.4 cm³/mol. The van der Waals surface area contributed by atoms with Crippen LogP contribution in [0.2, 0.25) is 5.15 Å². The summed E-state index contributed by atoms with van der Waals surface area (Å²) in [7, 11) is -1.62. The average molecular weight is 255 g/mol. The molecule has 2 rings (SSSR count). The van der Waals surface area contributed by atoms with Crippen molar-refractivity contribution in [2.75, 3.05) is 0 Å². The van der Waals surface area contributed by atoms with Gasteiger partial charge in [0.1, 0.15) is 10.8 Å². The molecule has 80 valence electrons. The summed E-state index contributed by atoms with van der Waals surface area (Å²) in [5.74, 6) is 3.09. The van der Waals surface area contributed by atoms with Crippen molar-refractivity contribution < 1.29 is 9.36 Å². The highest BCUT2D eigenvalue weighted by molar-refractivity contribution is 7.35. The standard InChI is InChI=1S/C9H6ClN3O2P/c10-8-1-2-11-9(12-8)13-3-4-16(15)6-7(13)5-14/h1-6H/q+1. The van der Waals surface area contributed by atoms with Gasteiger partial charge in [-0.15, -0.1) is 0 Å². The summed E-state index contributed by atoms with van der Waals surface area (Å²) in [6, 6.07) is 1.53. The summed E-state index contributed by atoms with van der Waals surface area (Å²) in [4.78, 5) is 18.7. The van der Waals surface area contributed by atoms with E-state index < -0.39 is 7.41 Å². The fourth-order valence-electron chi connectivity index (χ4n) is 1.17. The maximum atomic E-state index is 11.2. The third-order valence-corrected chi connectivity index (χ3v) is 3.00. The molecule has 0 N–H and O–H groups in total. The SMILES string of the molecule is O=Cc1c[p+](=O)ccn1-c1nccc(Cl)n1. The zero-order valence-corrected chi connectivity index (χ0v) is 9.60. The summed E-state index contributed by atoms with van der Waals surface area (Å²) in [5, 5.41) is 0.276. The van der Waals surface area contributed by atoms with Gasteiger partial charge in [0.05, 0.1) is 6.20 Å². The molecule has 0 bridgehead atoms. The quantitative estimate of drug-likeness (QED) is 0.610. The highest BCUT2D eigenvalue weighted by Gasteiger charge is 2.10. The van der Waals surface area contributed by atoms with Crippen molar-refractivity contribution in [3.8, 4) is 5.95 Å². The molecule has 0 aliphatic heterocycles. The number of carbonyl (C=O) groups excluding carboxylic acids is 1. The lowest BCUT2D eigenvalue weighted by Gasteiger charge is -2.03. The molecule has 1 atom stereocenters. The second kappa shape index (κ2) is 4.51. The van der Waals surface area contributed by atoms with E-state index in [1.165, 1.54) is 34.6 Å². The predicted octanol–water partition coefficient (Wildman–Crippen LogP) is 2.48. The van der Waals surface area contributed by atoms with Gasteiger partial charge in [0.2, 0.25) is 5.95 Å². The molecule has 2 aromatic rings. The molecule has 5 nitrogen and oxygen atoms in total. The molecule has 0 aliphatic rings. The van der Waals surface area contributed by atoms with Crippen molar-refractivity contribution in [1.29, 1.82) is 0 Å². The number of aldehydes is 1. The first-order valence-corrected chi connectivity index (χ1v) is 6.07. The van der Waals surface area contributed by atoms with Crippen LogP contribution in [0.4, 0.5) is 0 Å². The average Bonchev–Trinajstić information content (AvgIpc) is 2.28. The molecular formula is C9H6ClN3O2P+. The second-order valence-corrected chi connectivity index (χ2v) is 4.54. The van der Waals surface area contributed by atoms with Gasteiger partial charge in [-0.1, -0.05) is 16.2 Å². The fourth-order valence-corrected chi connectivity index (χ4v) is 2.10. The molecule has 0 amide bonds. The summed E-state index contributed by atoms with van der Waals surface area (Å²) in [5.41, 5.74) is 0.242. The molecule has 1 unspecified atom stereocenters. The Labute approximate surface area is 96.5 Å². The third-order valence-electron chi connectivity index (χ3n) is 1.85. The third kappa shape index (κ3) is 2.15. The van der Waals surface area contributed by atoms with Crippen LogP contribution in [-0.4, -0.2) is 20.8 Å². The molecule has 16 heavy (non-hydrogen) atoms. The number of nitrogens with zero attached hydrogens (tertiary/aromatic N) is 3. The van der Waals surface area contributed by atoms with Gasteiger partial charge in [-0.25, -0.2) is 9.97 Å². The first kappa shape index (κ1) is 10.9. The molecule has 0 saturated carbocycles. The summed E-state index contributed by atoms with van der Waals surface area (Å²) < 4.78 is 12.6. The molecule has 2 heterocycles. The van der Waals surface area contributed by atoms with Crippen molar-refractivity contribution in [3.05, 3.63) is 40.9 Å². The number of hydrogen-bond donors (Lipinski definition) is 0. The molecule has 2 aromatic heterocycles. The van der Waals surface area contributed by atoms with Gasteiger partial charge in [0.15, 0.2) is 17.9 Å². The largest absolute Gasteiger partial charge is 0.403 e. The van der Waals surface area contributed by atoms with Crippen molar-refractivity contribution in [2.45, 2.75) is 0 Å². The van der Waals surface area contributed by atoms with Gasteiger partial charge in [0.25, 0.3) is 0 Å². The summed E-state index contributed by atoms with van der Waals surface area (Å²) in [6.45, 7) is 0. The van der Waals surface area contributed by atoms with Crippen LogP contribution in [0.15, 0.2) is 30.1 Å². The molecule has 7 heteroatoms. The van der Waals surface area contributed by atoms with E-state index in [2.05, 4.69) is 9.97 Å². The van der Waals surface area contributed by atoms with E-state index in [1.54, 1.807) is 0 Å². The van der Waals surface area contributed by atoms with Crippen LogP contribution in [0, 0.1) is 0 Å². The van der Waals surface area contributed by atoms with Crippen molar-refractivity contribution in [3.63, 3.8) is 0 Å². The minimum atomic E-state index is -1.62. The normalized spacial score (nSPS) is 11.2. The van der Waals surface area contributed by atoms with Gasteiger partial charge in [-0.3, -0.25) is 9.36 Å². The molecule has 0 aliphatic carbocycles. The number of rotatable bonds is 2. The Bertz CT molecular complexity index is 599. The Balaban J connectivity index is 2.64. The first-order chi connectivity index (χ1) is 7.70. The highest BCUT2D eigenvalue weighted by Crippen LogP contribution is 2.16. The van der Waals surface area contributed by atoms with E-state index in [0.29, 0.717) is 6.29 Å². The zero-order valence-electron chi connectivity index (χ0n) is 7.95. The van der Waals surface area contributed by atoms with Crippen LogP contribution in [0.3, 0.4) is 0 Å². The molecule has 0 spiro atoms. The number of hydrogen-bond acceptors (Lipinski definition) is 4. The van der Waals surface area contributed by atoms with Crippen molar-refractivity contribution >= 4 is 25.3 Å². The first-order valence-electron chi connectivity index (χ1n) is 4.29. The van der Waals surface area contributed by atoms with Gasteiger partial charge in [-0.2, -0.15) is 0 Å². The minimum absolute atomic E-state index is 0.242. The molecule has 0 aromatic carbocycles. The lowest BCUT2D eigenvalue weighted by atomic mass is 10.5. The Kier molecular flexibility index (Phi) is 3.08. The van der Waals surface area contributed by atoms with Crippen molar-refractivity contribution in [1.82, 2.24) is 14.5 Å². The van der Waals surface area contributed by atoms with Gasteiger partial charge in [-0.05, 0) is 6.07 Å². The molecular weight excluding hydrogens is 249 g/mol. The highest BCUT2D eigenvalue weighted by atomic mass is 35.5. The van der Waals surface area contributed by atoms with E-state index in [0.717, 1.165) is 0 Å². The molecule has 0 radical (unpaired) electrons. The monoisotopic (exact) mass is 254 g/mol.